The Bertz CT molecular complexity index is 76.5. The first-order valence-corrected chi connectivity index (χ1v) is 3.04. The van der Waals surface area contributed by atoms with Gasteiger partial charge in [-0.2, -0.15) is 0 Å². The molecule has 0 aromatic rings. The van der Waals surface area contributed by atoms with Crippen molar-refractivity contribution in [3.63, 3.8) is 0 Å². The quantitative estimate of drug-likeness (QED) is 0.423. The van der Waals surface area contributed by atoms with Crippen molar-refractivity contribution in [2.24, 2.45) is 0 Å². The van der Waals surface area contributed by atoms with E-state index in [-0.39, 0.29) is 0 Å². The van der Waals surface area contributed by atoms with Crippen LogP contribution in [-0.2, 0) is 0 Å². The van der Waals surface area contributed by atoms with Crippen LogP contribution < -0.4 is 0 Å². The number of rotatable bonds is 0. The van der Waals surface area contributed by atoms with Gasteiger partial charge in [0.05, 0.1) is 0 Å². The molecule has 0 spiro atoms. The molecule has 0 N–H and O–H groups in total. The zero-order valence-electron chi connectivity index (χ0n) is 5.30. The van der Waals surface area contributed by atoms with Crippen molar-refractivity contribution >= 4 is 9.24 Å². The van der Waals surface area contributed by atoms with Gasteiger partial charge >= 0.3 is 0 Å². The monoisotopic (exact) mass is 115 g/mol. The Morgan fingerprint density at radius 2 is 2.00 bits per heavy atom. The van der Waals surface area contributed by atoms with E-state index in [9.17, 15) is 0 Å². The average molecular weight is 115 g/mol. The molecule has 1 heteroatoms. The van der Waals surface area contributed by atoms with E-state index >= 15 is 0 Å². The van der Waals surface area contributed by atoms with Crippen LogP contribution in [0.4, 0.5) is 0 Å². The summed E-state index contributed by atoms with van der Waals surface area (Å²) in [6.45, 7) is 0.417. The Balaban J connectivity index is 0.000000145. The van der Waals surface area contributed by atoms with Crippen LogP contribution in [0, 0.1) is 0 Å². The molecule has 0 amide bonds. The highest BCUT2D eigenvalue weighted by Crippen LogP contribution is 1.93. The molecule has 1 atom stereocenters. The van der Waals surface area contributed by atoms with Gasteiger partial charge in [-0.25, -0.2) is 0 Å². The van der Waals surface area contributed by atoms with Crippen LogP contribution in [0.15, 0.2) is 24.3 Å². The summed E-state index contributed by atoms with van der Waals surface area (Å²) in [5.74, 6) is 0. The van der Waals surface area contributed by atoms with Gasteiger partial charge in [0.25, 0.3) is 0 Å². The maximum Gasteiger partial charge on any atom is 0.0274 e. The van der Waals surface area contributed by atoms with Crippen LogP contribution >= 0.6 is 9.24 Å². The molecular weight excluding hydrogens is 103 g/mol. The number of hydrogen-bond donors (Lipinski definition) is 0. The van der Waals surface area contributed by atoms with E-state index in [0.717, 1.165) is 6.42 Å². The lowest BCUT2D eigenvalue weighted by atomic mass is 10.5. The van der Waals surface area contributed by atoms with Gasteiger partial charge in [-0.1, -0.05) is 30.9 Å². The van der Waals surface area contributed by atoms with Gasteiger partial charge in [0, 0.05) is 1.37 Å². The van der Waals surface area contributed by atoms with Crippen LogP contribution in [0.2, 0.25) is 0 Å². The van der Waals surface area contributed by atoms with E-state index in [1.54, 1.807) is 0 Å². The highest BCUT2D eigenvalue weighted by molar-refractivity contribution is 7.15. The molecule has 40 valence electrons. The van der Waals surface area contributed by atoms with Crippen molar-refractivity contribution in [3.8, 4) is 0 Å². The van der Waals surface area contributed by atoms with Crippen molar-refractivity contribution in [2.45, 2.75) is 6.42 Å². The van der Waals surface area contributed by atoms with E-state index in [2.05, 4.69) is 33.5 Å². The van der Waals surface area contributed by atoms with Crippen molar-refractivity contribution in [1.29, 1.82) is 0 Å². The molecular formula is C6H11P. The van der Waals surface area contributed by atoms with E-state index in [4.69, 9.17) is 1.37 Å². The predicted molar refractivity (Wildman–Crippen MR) is 38.5 cm³/mol. The SMILES string of the molecule is C1=CCC=C1.[2H]CP. The Labute approximate surface area is 48.9 Å². The second kappa shape index (κ2) is 5.91. The summed E-state index contributed by atoms with van der Waals surface area (Å²) in [7, 11) is 2.25. The molecule has 0 nitrogen and oxygen atoms in total. The first-order chi connectivity index (χ1) is 3.91. The lowest BCUT2D eigenvalue weighted by Gasteiger charge is -1.57. The molecule has 1 aliphatic carbocycles. The predicted octanol–water partition coefficient (Wildman–Crippen LogP) is 1.99. The first-order valence-electron chi connectivity index (χ1n) is 2.93. The van der Waals surface area contributed by atoms with Crippen LogP contribution in [0.3, 0.4) is 0 Å². The molecule has 0 bridgehead atoms. The fourth-order valence-electron chi connectivity index (χ4n) is 0.393. The lowest BCUT2D eigenvalue weighted by molar-refractivity contribution is 1.45. The molecule has 7 heavy (non-hydrogen) atoms. The summed E-state index contributed by atoms with van der Waals surface area (Å²) in [5.41, 5.74) is 0. The van der Waals surface area contributed by atoms with Gasteiger partial charge in [-0.15, -0.1) is 9.24 Å². The van der Waals surface area contributed by atoms with Crippen molar-refractivity contribution in [2.75, 3.05) is 6.64 Å². The fourth-order valence-corrected chi connectivity index (χ4v) is 0.393. The molecule has 1 unspecified atom stereocenters. The molecule has 0 heterocycles. The van der Waals surface area contributed by atoms with Crippen LogP contribution in [-0.4, -0.2) is 6.64 Å². The summed E-state index contributed by atoms with van der Waals surface area (Å²) in [6.07, 6.45) is 9.50. The molecule has 0 fully saturated rings. The third-order valence-corrected chi connectivity index (χ3v) is 0.655. The topological polar surface area (TPSA) is 0 Å². The van der Waals surface area contributed by atoms with Gasteiger partial charge in [-0.3, -0.25) is 0 Å². The summed E-state index contributed by atoms with van der Waals surface area (Å²) >= 11 is 0. The minimum atomic E-state index is 0.417. The third kappa shape index (κ3) is 3.75. The standard InChI is InChI=1S/C5H6.CH5P/c1-2-4-5-3-1;1-2/h1-4H,5H2;2H2,1H3/i;1D. The smallest absolute Gasteiger partial charge is 0.0274 e. The molecule has 0 saturated carbocycles. The van der Waals surface area contributed by atoms with Gasteiger partial charge in [0.2, 0.25) is 0 Å². The Morgan fingerprint density at radius 1 is 1.57 bits per heavy atom. The molecule has 0 saturated heterocycles. The van der Waals surface area contributed by atoms with E-state index in [1.165, 1.54) is 0 Å². The molecule has 0 aromatic carbocycles. The Hall–Kier alpha value is -0.0900. The van der Waals surface area contributed by atoms with E-state index < -0.39 is 0 Å². The van der Waals surface area contributed by atoms with Crippen LogP contribution in [0.25, 0.3) is 0 Å². The van der Waals surface area contributed by atoms with Gasteiger partial charge < -0.3 is 0 Å². The van der Waals surface area contributed by atoms with Crippen molar-refractivity contribution in [3.05, 3.63) is 24.3 Å². The number of hydrogen-bond acceptors (Lipinski definition) is 0. The minimum Gasteiger partial charge on any atom is -0.141 e. The molecule has 0 aromatic heterocycles. The third-order valence-electron chi connectivity index (χ3n) is 0.655. The molecule has 1 aliphatic rings. The van der Waals surface area contributed by atoms with Gasteiger partial charge in [-0.05, 0) is 6.42 Å². The van der Waals surface area contributed by atoms with Crippen molar-refractivity contribution < 1.29 is 1.37 Å². The average Bonchev–Trinajstić information content (AvgIpc) is 2.17. The molecule has 0 aliphatic heterocycles. The summed E-state index contributed by atoms with van der Waals surface area (Å²) in [4.78, 5) is 0. The van der Waals surface area contributed by atoms with Gasteiger partial charge in [0.1, 0.15) is 0 Å². The summed E-state index contributed by atoms with van der Waals surface area (Å²) < 4.78 is 6.17. The normalized spacial score (nSPS) is 15.3. The molecule has 0 radical (unpaired) electrons. The lowest BCUT2D eigenvalue weighted by Crippen LogP contribution is -1.37. The van der Waals surface area contributed by atoms with E-state index in [0.29, 0.717) is 6.64 Å². The summed E-state index contributed by atoms with van der Waals surface area (Å²) in [6, 6.07) is 0. The Morgan fingerprint density at radius 3 is 2.14 bits per heavy atom. The summed E-state index contributed by atoms with van der Waals surface area (Å²) in [5, 5.41) is 0. The minimum absolute atomic E-state index is 0.417. The zero-order chi connectivity index (χ0) is 6.24. The fraction of sp³-hybridized carbons (Fsp3) is 0.333. The van der Waals surface area contributed by atoms with Crippen LogP contribution in [0.5, 0.6) is 0 Å². The largest absolute Gasteiger partial charge is 0.141 e. The maximum absolute atomic E-state index is 6.17. The van der Waals surface area contributed by atoms with E-state index in [1.807, 2.05) is 0 Å². The second-order valence-corrected chi connectivity index (χ2v) is 1.09. The van der Waals surface area contributed by atoms with Crippen molar-refractivity contribution in [1.82, 2.24) is 0 Å². The second-order valence-electron chi connectivity index (χ2n) is 1.09. The Kier molecular flexibility index (Phi) is 4.27. The van der Waals surface area contributed by atoms with Crippen LogP contribution in [0.1, 0.15) is 7.79 Å². The highest BCUT2D eigenvalue weighted by Gasteiger charge is 1.72. The number of allylic oxidation sites excluding steroid dienone is 4. The van der Waals surface area contributed by atoms with Gasteiger partial charge in [0.15, 0.2) is 0 Å². The highest BCUT2D eigenvalue weighted by atomic mass is 31.0. The maximum atomic E-state index is 6.17. The zero-order valence-corrected chi connectivity index (χ0v) is 5.46. The molecule has 1 rings (SSSR count). The first kappa shape index (κ1) is 5.05.